The van der Waals surface area contributed by atoms with Crippen molar-refractivity contribution in [3.63, 3.8) is 0 Å². The van der Waals surface area contributed by atoms with Crippen LogP contribution in [0.4, 0.5) is 27.6 Å². The van der Waals surface area contributed by atoms with Crippen molar-refractivity contribution in [3.8, 4) is 0 Å². The predicted molar refractivity (Wildman–Crippen MR) is 53.6 cm³/mol. The molecule has 0 aromatic carbocycles. The molecule has 0 spiro atoms. The van der Waals surface area contributed by atoms with E-state index in [-0.39, 0.29) is 0 Å². The van der Waals surface area contributed by atoms with Crippen molar-refractivity contribution in [2.75, 3.05) is 0 Å². The van der Waals surface area contributed by atoms with E-state index in [4.69, 9.17) is 0 Å². The number of alkyl halides is 5. The summed E-state index contributed by atoms with van der Waals surface area (Å²) < 4.78 is 61.1. The van der Waals surface area contributed by atoms with Crippen LogP contribution in [0.15, 0.2) is 6.07 Å². The standard InChI is InChI=1S/C7H2F5IN2O2/c8-6(9)4-5(15(16)17)2(13)1-3(14-4)7(10,11)12/h1,6H. The van der Waals surface area contributed by atoms with Crippen LogP contribution in [0.3, 0.4) is 0 Å². The molecule has 1 heterocycles. The summed E-state index contributed by atoms with van der Waals surface area (Å²) in [7, 11) is 0. The molecule has 0 saturated heterocycles. The molecule has 0 unspecified atom stereocenters. The van der Waals surface area contributed by atoms with Gasteiger partial charge >= 0.3 is 11.9 Å². The van der Waals surface area contributed by atoms with Gasteiger partial charge in [0.2, 0.25) is 0 Å². The predicted octanol–water partition coefficient (Wildman–Crippen LogP) is 3.55. The maximum absolute atomic E-state index is 12.4. The van der Waals surface area contributed by atoms with Crippen LogP contribution in [0.5, 0.6) is 0 Å². The molecule has 0 amide bonds. The summed E-state index contributed by atoms with van der Waals surface area (Å²) in [5, 5.41) is 10.5. The topological polar surface area (TPSA) is 56.0 Å². The Balaban J connectivity index is 3.52. The molecule has 0 fully saturated rings. The number of halogens is 6. The molecule has 94 valence electrons. The largest absolute Gasteiger partial charge is 0.433 e. The van der Waals surface area contributed by atoms with Gasteiger partial charge in [0.15, 0.2) is 5.69 Å². The summed E-state index contributed by atoms with van der Waals surface area (Å²) in [6, 6.07) is 0.352. The van der Waals surface area contributed by atoms with Crippen molar-refractivity contribution in [2.24, 2.45) is 0 Å². The maximum Gasteiger partial charge on any atom is 0.433 e. The lowest BCUT2D eigenvalue weighted by Crippen LogP contribution is -2.12. The third kappa shape index (κ3) is 2.98. The highest BCUT2D eigenvalue weighted by Gasteiger charge is 2.37. The minimum absolute atomic E-state index is 0.352. The van der Waals surface area contributed by atoms with Crippen LogP contribution >= 0.6 is 22.6 Å². The number of hydrogen-bond acceptors (Lipinski definition) is 3. The summed E-state index contributed by atoms with van der Waals surface area (Å²) in [4.78, 5) is 11.9. The summed E-state index contributed by atoms with van der Waals surface area (Å²) >= 11 is 1.19. The molecule has 0 bridgehead atoms. The fourth-order valence-corrected chi connectivity index (χ4v) is 1.77. The normalized spacial score (nSPS) is 11.9. The first kappa shape index (κ1) is 14.0. The van der Waals surface area contributed by atoms with Crippen LogP contribution in [0.25, 0.3) is 0 Å². The average Bonchev–Trinajstić information content (AvgIpc) is 2.13. The highest BCUT2D eigenvalue weighted by molar-refractivity contribution is 14.1. The lowest BCUT2D eigenvalue weighted by atomic mass is 10.2. The van der Waals surface area contributed by atoms with E-state index in [9.17, 15) is 32.1 Å². The highest BCUT2D eigenvalue weighted by Crippen LogP contribution is 2.36. The molecule has 0 N–H and O–H groups in total. The summed E-state index contributed by atoms with van der Waals surface area (Å²) in [6.07, 6.45) is -8.38. The van der Waals surface area contributed by atoms with E-state index in [1.165, 1.54) is 22.6 Å². The molecule has 1 aromatic rings. The Kier molecular flexibility index (Phi) is 3.84. The second-order valence-corrected chi connectivity index (χ2v) is 3.94. The number of aromatic nitrogens is 1. The Labute approximate surface area is 104 Å². The van der Waals surface area contributed by atoms with Gasteiger partial charge in [0.25, 0.3) is 6.43 Å². The molecular weight excluding hydrogens is 366 g/mol. The average molecular weight is 368 g/mol. The van der Waals surface area contributed by atoms with Crippen molar-refractivity contribution in [1.29, 1.82) is 0 Å². The van der Waals surface area contributed by atoms with Crippen molar-refractivity contribution < 1.29 is 26.9 Å². The van der Waals surface area contributed by atoms with Crippen LogP contribution in [0, 0.1) is 13.7 Å². The number of hydrogen-bond donors (Lipinski definition) is 0. The lowest BCUT2D eigenvalue weighted by Gasteiger charge is -2.09. The Bertz CT molecular complexity index is 462. The van der Waals surface area contributed by atoms with Gasteiger partial charge in [-0.2, -0.15) is 13.2 Å². The van der Waals surface area contributed by atoms with Gasteiger partial charge in [-0.15, -0.1) is 0 Å². The summed E-state index contributed by atoms with van der Waals surface area (Å²) in [6.45, 7) is 0. The smallest absolute Gasteiger partial charge is 0.258 e. The minimum atomic E-state index is -4.93. The van der Waals surface area contributed by atoms with Crippen molar-refractivity contribution in [2.45, 2.75) is 12.6 Å². The zero-order chi connectivity index (χ0) is 13.4. The zero-order valence-corrected chi connectivity index (χ0v) is 9.79. The SMILES string of the molecule is O=[N+]([O-])c1c(I)cc(C(F)(F)F)nc1C(F)F. The molecule has 0 aliphatic heterocycles. The van der Waals surface area contributed by atoms with Crippen LogP contribution < -0.4 is 0 Å². The van der Waals surface area contributed by atoms with Crippen LogP contribution in [-0.2, 0) is 6.18 Å². The summed E-state index contributed by atoms with van der Waals surface area (Å²) in [5.41, 5.74) is -4.16. The molecule has 0 aliphatic carbocycles. The van der Waals surface area contributed by atoms with Gasteiger partial charge in [0, 0.05) is 0 Å². The lowest BCUT2D eigenvalue weighted by molar-refractivity contribution is -0.387. The molecule has 1 aromatic heterocycles. The first-order valence-corrected chi connectivity index (χ1v) is 4.92. The quantitative estimate of drug-likeness (QED) is 0.347. The van der Waals surface area contributed by atoms with E-state index in [0.717, 1.165) is 0 Å². The van der Waals surface area contributed by atoms with Gasteiger partial charge in [-0.05, 0) is 28.7 Å². The van der Waals surface area contributed by atoms with E-state index in [1.807, 2.05) is 0 Å². The third-order valence-electron chi connectivity index (χ3n) is 1.65. The van der Waals surface area contributed by atoms with Gasteiger partial charge in [0.05, 0.1) is 8.49 Å². The third-order valence-corrected chi connectivity index (χ3v) is 2.48. The molecular formula is C7H2F5IN2O2. The van der Waals surface area contributed by atoms with Gasteiger partial charge < -0.3 is 0 Å². The van der Waals surface area contributed by atoms with Gasteiger partial charge in [0.1, 0.15) is 5.69 Å². The van der Waals surface area contributed by atoms with Gasteiger partial charge in [-0.3, -0.25) is 10.1 Å². The number of pyridine rings is 1. The van der Waals surface area contributed by atoms with Crippen LogP contribution in [0.1, 0.15) is 17.8 Å². The van der Waals surface area contributed by atoms with Crippen molar-refractivity contribution in [3.05, 3.63) is 31.1 Å². The van der Waals surface area contributed by atoms with E-state index in [2.05, 4.69) is 4.98 Å². The molecule has 0 aliphatic rings. The number of nitro groups is 1. The van der Waals surface area contributed by atoms with E-state index in [0.29, 0.717) is 6.07 Å². The Morgan fingerprint density at radius 2 is 1.94 bits per heavy atom. The first-order chi connectivity index (χ1) is 7.64. The van der Waals surface area contributed by atoms with Crippen LogP contribution in [-0.4, -0.2) is 9.91 Å². The van der Waals surface area contributed by atoms with Gasteiger partial charge in [-0.1, -0.05) is 0 Å². The number of nitrogens with zero attached hydrogens (tertiary/aromatic N) is 2. The molecule has 0 atom stereocenters. The second-order valence-electron chi connectivity index (χ2n) is 2.78. The fourth-order valence-electron chi connectivity index (χ4n) is 1.00. The molecule has 0 saturated carbocycles. The van der Waals surface area contributed by atoms with E-state index >= 15 is 0 Å². The Hall–Kier alpha value is -1.07. The minimum Gasteiger partial charge on any atom is -0.258 e. The van der Waals surface area contributed by atoms with Gasteiger partial charge in [-0.25, -0.2) is 13.8 Å². The zero-order valence-electron chi connectivity index (χ0n) is 7.63. The van der Waals surface area contributed by atoms with E-state index in [1.54, 1.807) is 0 Å². The summed E-state index contributed by atoms with van der Waals surface area (Å²) in [5.74, 6) is 0. The maximum atomic E-state index is 12.4. The number of rotatable bonds is 2. The Morgan fingerprint density at radius 3 is 2.29 bits per heavy atom. The monoisotopic (exact) mass is 368 g/mol. The second kappa shape index (κ2) is 4.66. The Morgan fingerprint density at radius 1 is 1.41 bits per heavy atom. The molecule has 1 rings (SSSR count). The molecule has 0 radical (unpaired) electrons. The molecule has 17 heavy (non-hydrogen) atoms. The molecule has 4 nitrogen and oxygen atoms in total. The van der Waals surface area contributed by atoms with Crippen molar-refractivity contribution >= 4 is 28.3 Å². The molecule has 10 heteroatoms. The fraction of sp³-hybridized carbons (Fsp3) is 0.286. The van der Waals surface area contributed by atoms with E-state index < -0.39 is 38.2 Å². The van der Waals surface area contributed by atoms with Crippen molar-refractivity contribution in [1.82, 2.24) is 4.98 Å². The van der Waals surface area contributed by atoms with Crippen LogP contribution in [0.2, 0.25) is 0 Å². The first-order valence-electron chi connectivity index (χ1n) is 3.84. The highest BCUT2D eigenvalue weighted by atomic mass is 127.